The number of carbonyl (C=O) groups is 2. The summed E-state index contributed by atoms with van der Waals surface area (Å²) in [6, 6.07) is 4.52. The summed E-state index contributed by atoms with van der Waals surface area (Å²) in [7, 11) is 0. The van der Waals surface area contributed by atoms with Gasteiger partial charge in [-0.15, -0.1) is 0 Å². The minimum absolute atomic E-state index is 0.0363. The molecule has 0 aliphatic heterocycles. The molecule has 1 fully saturated rings. The van der Waals surface area contributed by atoms with Crippen molar-refractivity contribution in [2.45, 2.75) is 70.6 Å². The van der Waals surface area contributed by atoms with Gasteiger partial charge in [0.05, 0.1) is 12.2 Å². The number of Topliss-reactive ketones (excluding diaryl/α,β-unsaturated/α-hetero) is 1. The van der Waals surface area contributed by atoms with E-state index in [4.69, 9.17) is 9.47 Å². The van der Waals surface area contributed by atoms with Crippen LogP contribution in [0.4, 0.5) is 13.2 Å². The third-order valence-corrected chi connectivity index (χ3v) is 5.77. The third-order valence-electron chi connectivity index (χ3n) is 5.77. The van der Waals surface area contributed by atoms with Crippen LogP contribution in [0.3, 0.4) is 0 Å². The number of alkyl halides is 3. The molecule has 1 aromatic rings. The van der Waals surface area contributed by atoms with Crippen molar-refractivity contribution in [1.29, 1.82) is 0 Å². The van der Waals surface area contributed by atoms with Crippen molar-refractivity contribution >= 4 is 11.8 Å². The Labute approximate surface area is 193 Å². The summed E-state index contributed by atoms with van der Waals surface area (Å²) >= 11 is 0. The second kappa shape index (κ2) is 13.4. The predicted octanol–water partition coefficient (Wildman–Crippen LogP) is 5.50. The fourth-order valence-corrected chi connectivity index (χ4v) is 4.03. The van der Waals surface area contributed by atoms with Crippen LogP contribution in [0.15, 0.2) is 36.4 Å². The maximum Gasteiger partial charge on any atom is 0.416 e. The number of esters is 1. The zero-order chi connectivity index (χ0) is 24.3. The highest BCUT2D eigenvalue weighted by atomic mass is 19.4. The molecular formula is C25H33F3O5. The standard InChI is InChI=1S/C25H33F3O5/c1-2-32-24(31)11-6-4-3-5-10-22-18(13-15-23(22)30)12-14-20(29)17-33-21-9-7-8-19(16-21)25(26,27)28/h7-9,12,14,16,18,20,22,29H,2-6,10-11,13,15,17H2,1H3/b14-12+/t18-,20+,22+/m0/s1. The molecule has 0 unspecified atom stereocenters. The molecule has 0 radical (unpaired) electrons. The van der Waals surface area contributed by atoms with Gasteiger partial charge in [0.2, 0.25) is 0 Å². The Hall–Kier alpha value is -2.35. The quantitative estimate of drug-likeness (QED) is 0.234. The fourth-order valence-electron chi connectivity index (χ4n) is 4.03. The Morgan fingerprint density at radius 1 is 1.24 bits per heavy atom. The Balaban J connectivity index is 1.73. The number of halogens is 3. The minimum Gasteiger partial charge on any atom is -0.491 e. The molecular weight excluding hydrogens is 437 g/mol. The van der Waals surface area contributed by atoms with Gasteiger partial charge in [-0.25, -0.2) is 0 Å². The molecule has 2 rings (SSSR count). The van der Waals surface area contributed by atoms with Crippen LogP contribution in [0.2, 0.25) is 0 Å². The Morgan fingerprint density at radius 3 is 2.73 bits per heavy atom. The van der Waals surface area contributed by atoms with E-state index in [1.165, 1.54) is 12.1 Å². The van der Waals surface area contributed by atoms with Crippen LogP contribution in [0, 0.1) is 11.8 Å². The average Bonchev–Trinajstić information content (AvgIpc) is 3.12. The van der Waals surface area contributed by atoms with Gasteiger partial charge in [-0.2, -0.15) is 13.2 Å². The number of carbonyl (C=O) groups excluding carboxylic acids is 2. The van der Waals surface area contributed by atoms with Crippen LogP contribution in [-0.4, -0.2) is 36.2 Å². The molecule has 0 aromatic heterocycles. The van der Waals surface area contributed by atoms with Crippen LogP contribution in [0.5, 0.6) is 5.75 Å². The molecule has 1 N–H and O–H groups in total. The number of hydrogen-bond donors (Lipinski definition) is 1. The van der Waals surface area contributed by atoms with E-state index in [-0.39, 0.29) is 35.9 Å². The SMILES string of the molecule is CCOC(=O)CCCCCC[C@H]1C(=O)CC[C@@H]1/C=C/[C@@H](O)COc1cccc(C(F)(F)F)c1. The van der Waals surface area contributed by atoms with Crippen molar-refractivity contribution in [1.82, 2.24) is 0 Å². The van der Waals surface area contributed by atoms with Gasteiger partial charge in [-0.1, -0.05) is 37.5 Å². The van der Waals surface area contributed by atoms with Crippen molar-refractivity contribution in [3.63, 3.8) is 0 Å². The number of ketones is 1. The van der Waals surface area contributed by atoms with E-state index < -0.39 is 17.8 Å². The first-order chi connectivity index (χ1) is 15.7. The first-order valence-corrected chi connectivity index (χ1v) is 11.6. The summed E-state index contributed by atoms with van der Waals surface area (Å²) in [5.74, 6) is 0.0485. The van der Waals surface area contributed by atoms with Crippen molar-refractivity contribution in [3.05, 3.63) is 42.0 Å². The first-order valence-electron chi connectivity index (χ1n) is 11.6. The van der Waals surface area contributed by atoms with E-state index in [0.29, 0.717) is 19.4 Å². The second-order valence-corrected chi connectivity index (χ2v) is 8.32. The molecule has 0 saturated heterocycles. The number of rotatable bonds is 13. The topological polar surface area (TPSA) is 72.8 Å². The Morgan fingerprint density at radius 2 is 2.00 bits per heavy atom. The van der Waals surface area contributed by atoms with Crippen LogP contribution in [-0.2, 0) is 20.5 Å². The largest absolute Gasteiger partial charge is 0.491 e. The zero-order valence-corrected chi connectivity index (χ0v) is 19.0. The van der Waals surface area contributed by atoms with E-state index in [9.17, 15) is 27.9 Å². The van der Waals surface area contributed by atoms with Gasteiger partial charge in [-0.05, 0) is 50.3 Å². The summed E-state index contributed by atoms with van der Waals surface area (Å²) in [5, 5.41) is 10.2. The first kappa shape index (κ1) is 26.9. The van der Waals surface area contributed by atoms with Crippen molar-refractivity contribution in [2.75, 3.05) is 13.2 Å². The van der Waals surface area contributed by atoms with Crippen LogP contribution < -0.4 is 4.74 Å². The Bertz CT molecular complexity index is 790. The van der Waals surface area contributed by atoms with Gasteiger partial charge in [0, 0.05) is 18.8 Å². The number of unbranched alkanes of at least 4 members (excludes halogenated alkanes) is 3. The number of allylic oxidation sites excluding steroid dienone is 1. The monoisotopic (exact) mass is 470 g/mol. The number of aliphatic hydroxyl groups is 1. The van der Waals surface area contributed by atoms with E-state index in [1.807, 2.05) is 6.08 Å². The lowest BCUT2D eigenvalue weighted by Crippen LogP contribution is -2.17. The zero-order valence-electron chi connectivity index (χ0n) is 19.0. The predicted molar refractivity (Wildman–Crippen MR) is 118 cm³/mol. The molecule has 8 heteroatoms. The molecule has 1 saturated carbocycles. The van der Waals surface area contributed by atoms with E-state index in [0.717, 1.165) is 50.7 Å². The molecule has 1 aliphatic rings. The van der Waals surface area contributed by atoms with E-state index >= 15 is 0 Å². The van der Waals surface area contributed by atoms with Gasteiger partial charge >= 0.3 is 12.1 Å². The molecule has 0 spiro atoms. The summed E-state index contributed by atoms with van der Waals surface area (Å²) < 4.78 is 48.5. The maximum absolute atomic E-state index is 12.8. The van der Waals surface area contributed by atoms with Gasteiger partial charge in [0.1, 0.15) is 24.2 Å². The van der Waals surface area contributed by atoms with Crippen LogP contribution >= 0.6 is 0 Å². The minimum atomic E-state index is -4.46. The molecule has 0 bridgehead atoms. The lowest BCUT2D eigenvalue weighted by molar-refractivity contribution is -0.143. The van der Waals surface area contributed by atoms with Gasteiger partial charge < -0.3 is 14.6 Å². The third kappa shape index (κ3) is 9.58. The van der Waals surface area contributed by atoms with E-state index in [1.54, 1.807) is 13.0 Å². The highest BCUT2D eigenvalue weighted by molar-refractivity contribution is 5.83. The number of benzene rings is 1. The van der Waals surface area contributed by atoms with Crippen molar-refractivity contribution in [3.8, 4) is 5.75 Å². The number of ether oxygens (including phenoxy) is 2. The summed E-state index contributed by atoms with van der Waals surface area (Å²) in [6.45, 7) is 2.00. The summed E-state index contributed by atoms with van der Waals surface area (Å²) in [4.78, 5) is 23.6. The molecule has 5 nitrogen and oxygen atoms in total. The molecule has 1 aliphatic carbocycles. The molecule has 33 heavy (non-hydrogen) atoms. The Kier molecular flexibility index (Phi) is 10.9. The molecule has 1 aromatic carbocycles. The number of aliphatic hydroxyl groups excluding tert-OH is 1. The maximum atomic E-state index is 12.8. The molecule has 184 valence electrons. The lowest BCUT2D eigenvalue weighted by atomic mass is 9.89. The van der Waals surface area contributed by atoms with Crippen molar-refractivity contribution < 1.29 is 37.3 Å². The smallest absolute Gasteiger partial charge is 0.416 e. The van der Waals surface area contributed by atoms with Crippen molar-refractivity contribution in [2.24, 2.45) is 11.8 Å². The second-order valence-electron chi connectivity index (χ2n) is 8.32. The van der Waals surface area contributed by atoms with Gasteiger partial charge in [-0.3, -0.25) is 9.59 Å². The molecule has 3 atom stereocenters. The summed E-state index contributed by atoms with van der Waals surface area (Å²) in [5.41, 5.74) is -0.807. The van der Waals surface area contributed by atoms with Crippen LogP contribution in [0.1, 0.15) is 63.9 Å². The normalized spacial score (nSPS) is 19.7. The van der Waals surface area contributed by atoms with E-state index in [2.05, 4.69) is 0 Å². The fraction of sp³-hybridized carbons (Fsp3) is 0.600. The highest BCUT2D eigenvalue weighted by Gasteiger charge is 2.32. The lowest BCUT2D eigenvalue weighted by Gasteiger charge is -2.16. The highest BCUT2D eigenvalue weighted by Crippen LogP contribution is 2.34. The molecule has 0 heterocycles. The number of hydrogen-bond acceptors (Lipinski definition) is 5. The summed E-state index contributed by atoms with van der Waals surface area (Å²) in [6.07, 6.45) is 3.89. The average molecular weight is 471 g/mol. The van der Waals surface area contributed by atoms with Gasteiger partial charge in [0.25, 0.3) is 0 Å². The molecule has 0 amide bonds. The van der Waals surface area contributed by atoms with Crippen LogP contribution in [0.25, 0.3) is 0 Å². The van der Waals surface area contributed by atoms with Gasteiger partial charge in [0.15, 0.2) is 0 Å².